The van der Waals surface area contributed by atoms with Crippen molar-refractivity contribution in [1.82, 2.24) is 0 Å². The molecule has 0 aliphatic heterocycles. The lowest BCUT2D eigenvalue weighted by molar-refractivity contribution is -0.111. The van der Waals surface area contributed by atoms with E-state index in [0.29, 0.717) is 6.42 Å². The quantitative estimate of drug-likeness (QED) is 0.854. The van der Waals surface area contributed by atoms with Crippen LogP contribution in [-0.2, 0) is 10.2 Å². The van der Waals surface area contributed by atoms with Gasteiger partial charge in [0.1, 0.15) is 5.75 Å². The van der Waals surface area contributed by atoms with Crippen LogP contribution in [0.1, 0.15) is 25.8 Å². The molecule has 0 spiro atoms. The third-order valence-corrected chi connectivity index (χ3v) is 3.55. The molecule has 0 unspecified atom stereocenters. The van der Waals surface area contributed by atoms with E-state index >= 15 is 0 Å². The molecule has 19 heavy (non-hydrogen) atoms. The summed E-state index contributed by atoms with van der Waals surface area (Å²) in [6.07, 6.45) is 0.380. The molecule has 0 aliphatic rings. The van der Waals surface area contributed by atoms with Crippen LogP contribution in [0.4, 0.5) is 0 Å². The molecule has 0 atom stereocenters. The molecule has 2 aromatic rings. The smallest absolute Gasteiger partial charge is 0.186 e. The van der Waals surface area contributed by atoms with Crippen molar-refractivity contribution in [3.63, 3.8) is 0 Å². The van der Waals surface area contributed by atoms with Gasteiger partial charge in [0.15, 0.2) is 5.12 Å². The summed E-state index contributed by atoms with van der Waals surface area (Å²) in [6, 6.07) is 12.3. The van der Waals surface area contributed by atoms with Gasteiger partial charge in [-0.15, -0.1) is 12.6 Å². The largest absolute Gasteiger partial charge is 0.496 e. The van der Waals surface area contributed by atoms with Crippen molar-refractivity contribution in [3.8, 4) is 5.75 Å². The van der Waals surface area contributed by atoms with Gasteiger partial charge in [-0.2, -0.15) is 0 Å². The summed E-state index contributed by atoms with van der Waals surface area (Å²) in [6.45, 7) is 4.07. The summed E-state index contributed by atoms with van der Waals surface area (Å²) >= 11 is 3.90. The van der Waals surface area contributed by atoms with Gasteiger partial charge in [0, 0.05) is 17.4 Å². The van der Waals surface area contributed by atoms with Crippen molar-refractivity contribution < 1.29 is 9.53 Å². The van der Waals surface area contributed by atoms with Crippen LogP contribution in [0, 0.1) is 0 Å². The number of thiol groups is 1. The zero-order valence-corrected chi connectivity index (χ0v) is 12.3. The number of hydrogen-bond acceptors (Lipinski definition) is 2. The normalized spacial score (nSPS) is 11.6. The molecule has 2 aromatic carbocycles. The van der Waals surface area contributed by atoms with Crippen LogP contribution < -0.4 is 4.74 Å². The van der Waals surface area contributed by atoms with E-state index in [0.717, 1.165) is 22.1 Å². The molecule has 0 amide bonds. The van der Waals surface area contributed by atoms with E-state index in [1.54, 1.807) is 7.11 Å². The van der Waals surface area contributed by atoms with Crippen LogP contribution in [0.25, 0.3) is 10.8 Å². The molecule has 0 N–H and O–H groups in total. The minimum Gasteiger partial charge on any atom is -0.496 e. The third-order valence-electron chi connectivity index (χ3n) is 3.39. The Balaban J connectivity index is 2.60. The number of carbonyl (C=O) groups excluding carboxylic acids is 1. The van der Waals surface area contributed by atoms with Gasteiger partial charge in [-0.3, -0.25) is 4.79 Å². The first-order chi connectivity index (χ1) is 8.94. The maximum Gasteiger partial charge on any atom is 0.186 e. The molecule has 2 nitrogen and oxygen atoms in total. The van der Waals surface area contributed by atoms with E-state index in [9.17, 15) is 4.79 Å². The first-order valence-corrected chi connectivity index (χ1v) is 6.68. The lowest BCUT2D eigenvalue weighted by atomic mass is 9.80. The van der Waals surface area contributed by atoms with Gasteiger partial charge in [0.2, 0.25) is 0 Å². The zero-order chi connectivity index (χ0) is 14.0. The van der Waals surface area contributed by atoms with Crippen LogP contribution in [0.3, 0.4) is 0 Å². The number of hydrogen-bond donors (Lipinski definition) is 1. The predicted octanol–water partition coefficient (Wildman–Crippen LogP) is 3.97. The van der Waals surface area contributed by atoms with Crippen molar-refractivity contribution in [1.29, 1.82) is 0 Å². The molecule has 0 bridgehead atoms. The lowest BCUT2D eigenvalue weighted by Crippen LogP contribution is -2.20. The SMILES string of the molecule is COc1cc2ccccc2cc1C(C)(C)CC(=O)S. The van der Waals surface area contributed by atoms with Gasteiger partial charge in [0.25, 0.3) is 0 Å². The molecular formula is C16H18O2S. The second-order valence-electron chi connectivity index (χ2n) is 5.35. The molecule has 2 rings (SSSR count). The molecule has 100 valence electrons. The number of fused-ring (bicyclic) bond motifs is 1. The molecule has 0 fully saturated rings. The molecular weight excluding hydrogens is 256 g/mol. The molecule has 0 radical (unpaired) electrons. The summed E-state index contributed by atoms with van der Waals surface area (Å²) in [7, 11) is 1.66. The highest BCUT2D eigenvalue weighted by Gasteiger charge is 2.26. The van der Waals surface area contributed by atoms with Gasteiger partial charge >= 0.3 is 0 Å². The highest BCUT2D eigenvalue weighted by molar-refractivity contribution is 7.96. The second-order valence-corrected chi connectivity index (χ2v) is 5.85. The lowest BCUT2D eigenvalue weighted by Gasteiger charge is -2.26. The maximum absolute atomic E-state index is 11.3. The Labute approximate surface area is 119 Å². The first kappa shape index (κ1) is 13.9. The Morgan fingerprint density at radius 1 is 1.21 bits per heavy atom. The minimum atomic E-state index is -0.297. The fourth-order valence-corrected chi connectivity index (χ4v) is 2.79. The molecule has 3 heteroatoms. The van der Waals surface area contributed by atoms with Gasteiger partial charge < -0.3 is 4.74 Å². The number of benzene rings is 2. The third kappa shape index (κ3) is 2.92. The second kappa shape index (κ2) is 5.25. The molecule has 0 heterocycles. The number of ether oxygens (including phenoxy) is 1. The van der Waals surface area contributed by atoms with Gasteiger partial charge in [-0.25, -0.2) is 0 Å². The Morgan fingerprint density at radius 3 is 2.32 bits per heavy atom. The van der Waals surface area contributed by atoms with E-state index in [1.165, 1.54) is 0 Å². The molecule has 0 aliphatic carbocycles. The molecule has 0 saturated heterocycles. The van der Waals surface area contributed by atoms with Crippen LogP contribution in [0.5, 0.6) is 5.75 Å². The fourth-order valence-electron chi connectivity index (χ4n) is 2.39. The van der Waals surface area contributed by atoms with Crippen LogP contribution in [-0.4, -0.2) is 12.2 Å². The Bertz CT molecular complexity index is 617. The van der Waals surface area contributed by atoms with E-state index in [-0.39, 0.29) is 10.5 Å². The average molecular weight is 274 g/mol. The first-order valence-electron chi connectivity index (χ1n) is 6.23. The van der Waals surface area contributed by atoms with E-state index in [1.807, 2.05) is 32.0 Å². The minimum absolute atomic E-state index is 0.111. The fraction of sp³-hybridized carbons (Fsp3) is 0.312. The van der Waals surface area contributed by atoms with E-state index in [2.05, 4.69) is 30.8 Å². The van der Waals surface area contributed by atoms with Crippen molar-refractivity contribution in [3.05, 3.63) is 42.0 Å². The Kier molecular flexibility index (Phi) is 3.85. The molecule has 0 saturated carbocycles. The standard InChI is InChI=1S/C16H18O2S/c1-16(2,10-15(17)19)13-8-11-6-4-5-7-12(11)9-14(13)18-3/h4-9H,10H2,1-3H3,(H,17,19). The summed E-state index contributed by atoms with van der Waals surface area (Å²) < 4.78 is 5.49. The average Bonchev–Trinajstić information content (AvgIpc) is 2.35. The van der Waals surface area contributed by atoms with Gasteiger partial charge in [0.05, 0.1) is 7.11 Å². The van der Waals surface area contributed by atoms with Crippen molar-refractivity contribution in [2.45, 2.75) is 25.7 Å². The summed E-state index contributed by atoms with van der Waals surface area (Å²) in [5.41, 5.74) is 0.741. The van der Waals surface area contributed by atoms with Gasteiger partial charge in [-0.1, -0.05) is 38.1 Å². The molecule has 0 aromatic heterocycles. The number of methoxy groups -OCH3 is 1. The van der Waals surface area contributed by atoms with Crippen molar-refractivity contribution in [2.24, 2.45) is 0 Å². The number of rotatable bonds is 4. The summed E-state index contributed by atoms with van der Waals surface area (Å²) in [4.78, 5) is 11.3. The van der Waals surface area contributed by atoms with Crippen LogP contribution in [0.2, 0.25) is 0 Å². The maximum atomic E-state index is 11.3. The monoisotopic (exact) mass is 274 g/mol. The van der Waals surface area contributed by atoms with Crippen LogP contribution in [0.15, 0.2) is 36.4 Å². The summed E-state index contributed by atoms with van der Waals surface area (Å²) in [5, 5.41) is 2.18. The predicted molar refractivity (Wildman–Crippen MR) is 82.1 cm³/mol. The Morgan fingerprint density at radius 2 is 1.79 bits per heavy atom. The van der Waals surface area contributed by atoms with E-state index < -0.39 is 0 Å². The van der Waals surface area contributed by atoms with Crippen molar-refractivity contribution in [2.75, 3.05) is 7.11 Å². The topological polar surface area (TPSA) is 26.3 Å². The summed E-state index contributed by atoms with van der Waals surface area (Å²) in [5.74, 6) is 0.818. The van der Waals surface area contributed by atoms with Gasteiger partial charge in [-0.05, 0) is 22.9 Å². The number of carbonyl (C=O) groups is 1. The van der Waals surface area contributed by atoms with Crippen LogP contribution >= 0.6 is 12.6 Å². The highest BCUT2D eigenvalue weighted by Crippen LogP contribution is 2.37. The Hall–Kier alpha value is -1.48. The van der Waals surface area contributed by atoms with E-state index in [4.69, 9.17) is 4.74 Å². The van der Waals surface area contributed by atoms with Crippen molar-refractivity contribution >= 4 is 28.5 Å². The zero-order valence-electron chi connectivity index (χ0n) is 11.4. The highest BCUT2D eigenvalue weighted by atomic mass is 32.1.